The van der Waals surface area contributed by atoms with Gasteiger partial charge in [0.25, 0.3) is 0 Å². The number of carbonyl (C=O) groups excluding carboxylic acids is 2. The van der Waals surface area contributed by atoms with Gasteiger partial charge in [0, 0.05) is 39.6 Å². The maximum atomic E-state index is 12.1. The lowest BCUT2D eigenvalue weighted by atomic mass is 10.1. The van der Waals surface area contributed by atoms with Gasteiger partial charge in [0.05, 0.1) is 5.54 Å². The summed E-state index contributed by atoms with van der Waals surface area (Å²) >= 11 is 0. The van der Waals surface area contributed by atoms with Crippen LogP contribution in [0.25, 0.3) is 0 Å². The molecule has 3 N–H and O–H groups in total. The summed E-state index contributed by atoms with van der Waals surface area (Å²) in [5, 5.41) is 9.45. The number of hydrogen-bond acceptors (Lipinski definition) is 4. The third kappa shape index (κ3) is 9.62. The Morgan fingerprint density at radius 3 is 2.34 bits per heavy atom. The molecule has 1 aromatic rings. The molecule has 0 radical (unpaired) electrons. The second-order valence-electron chi connectivity index (χ2n) is 9.48. The van der Waals surface area contributed by atoms with Crippen LogP contribution in [0.15, 0.2) is 29.3 Å². The monoisotopic (exact) mass is 559 g/mol. The van der Waals surface area contributed by atoms with Crippen LogP contribution in [0.3, 0.4) is 0 Å². The van der Waals surface area contributed by atoms with E-state index in [0.29, 0.717) is 32.0 Å². The first-order valence-electron chi connectivity index (χ1n) is 10.8. The second-order valence-corrected chi connectivity index (χ2v) is 9.48. The van der Waals surface area contributed by atoms with E-state index in [9.17, 15) is 9.59 Å². The highest BCUT2D eigenvalue weighted by atomic mass is 127. The number of guanidine groups is 1. The number of alkyl carbamates (subject to hydrolysis) is 1. The van der Waals surface area contributed by atoms with E-state index in [1.165, 1.54) is 0 Å². The Labute approximate surface area is 209 Å². The van der Waals surface area contributed by atoms with Crippen molar-refractivity contribution in [1.82, 2.24) is 20.9 Å². The molecule has 2 amide bonds. The van der Waals surface area contributed by atoms with E-state index in [1.807, 2.05) is 51.7 Å². The van der Waals surface area contributed by atoms with Gasteiger partial charge in [-0.05, 0) is 52.2 Å². The van der Waals surface area contributed by atoms with Gasteiger partial charge >= 0.3 is 6.09 Å². The second kappa shape index (κ2) is 12.3. The molecule has 2 rings (SSSR count). The van der Waals surface area contributed by atoms with Crippen LogP contribution in [0, 0.1) is 0 Å². The Morgan fingerprint density at radius 2 is 1.78 bits per heavy atom. The summed E-state index contributed by atoms with van der Waals surface area (Å²) in [6.07, 6.45) is 1.13. The SMILES string of the molecule is CN=C(NCc1ccccc1CN1CCCC1=O)NCC(C)(C)NC(=O)OC(C)(C)C.I. The molecule has 1 heterocycles. The van der Waals surface area contributed by atoms with Gasteiger partial charge < -0.3 is 25.6 Å². The van der Waals surface area contributed by atoms with Crippen molar-refractivity contribution in [2.75, 3.05) is 20.1 Å². The van der Waals surface area contributed by atoms with Gasteiger partial charge in [0.1, 0.15) is 5.60 Å². The average Bonchev–Trinajstić information content (AvgIpc) is 3.05. The molecule has 0 unspecified atom stereocenters. The highest BCUT2D eigenvalue weighted by Crippen LogP contribution is 2.17. The number of nitrogens with one attached hydrogen (secondary N) is 3. The lowest BCUT2D eigenvalue weighted by molar-refractivity contribution is -0.128. The van der Waals surface area contributed by atoms with Crippen molar-refractivity contribution in [1.29, 1.82) is 0 Å². The van der Waals surface area contributed by atoms with Crippen LogP contribution in [0.1, 0.15) is 58.6 Å². The molecule has 1 aromatic carbocycles. The third-order valence-electron chi connectivity index (χ3n) is 4.86. The molecule has 0 aliphatic carbocycles. The molecule has 0 bridgehead atoms. The fourth-order valence-electron chi connectivity index (χ4n) is 3.29. The molecule has 9 heteroatoms. The molecule has 1 fully saturated rings. The minimum absolute atomic E-state index is 0. The average molecular weight is 559 g/mol. The number of nitrogens with zero attached hydrogens (tertiary/aromatic N) is 2. The number of carbonyl (C=O) groups is 2. The van der Waals surface area contributed by atoms with Crippen LogP contribution in [-0.4, -0.2) is 54.1 Å². The van der Waals surface area contributed by atoms with E-state index in [1.54, 1.807) is 7.05 Å². The third-order valence-corrected chi connectivity index (χ3v) is 4.86. The molecule has 8 nitrogen and oxygen atoms in total. The first-order chi connectivity index (χ1) is 14.5. The fourth-order valence-corrected chi connectivity index (χ4v) is 3.29. The molecule has 180 valence electrons. The summed E-state index contributed by atoms with van der Waals surface area (Å²) in [7, 11) is 1.71. The van der Waals surface area contributed by atoms with Crippen LogP contribution in [-0.2, 0) is 22.6 Å². The maximum Gasteiger partial charge on any atom is 0.408 e. The Kier molecular flexibility index (Phi) is 10.7. The van der Waals surface area contributed by atoms with Gasteiger partial charge in [0.2, 0.25) is 5.91 Å². The lowest BCUT2D eigenvalue weighted by Crippen LogP contribution is -2.54. The molecule has 1 saturated heterocycles. The van der Waals surface area contributed by atoms with Crippen molar-refractivity contribution >= 4 is 41.9 Å². The highest BCUT2D eigenvalue weighted by Gasteiger charge is 2.25. The topological polar surface area (TPSA) is 95.1 Å². The van der Waals surface area contributed by atoms with Gasteiger partial charge in [-0.2, -0.15) is 0 Å². The van der Waals surface area contributed by atoms with E-state index in [4.69, 9.17) is 4.74 Å². The van der Waals surface area contributed by atoms with E-state index < -0.39 is 17.2 Å². The minimum atomic E-state index is -0.543. The Morgan fingerprint density at radius 1 is 1.12 bits per heavy atom. The molecular formula is C23H38IN5O3. The molecule has 0 aromatic heterocycles. The van der Waals surface area contributed by atoms with Crippen LogP contribution in [0.4, 0.5) is 4.79 Å². The first-order valence-corrected chi connectivity index (χ1v) is 10.8. The van der Waals surface area contributed by atoms with Crippen molar-refractivity contribution in [2.45, 2.75) is 71.7 Å². The predicted octanol–water partition coefficient (Wildman–Crippen LogP) is 3.40. The zero-order valence-corrected chi connectivity index (χ0v) is 22.4. The largest absolute Gasteiger partial charge is 0.444 e. The van der Waals surface area contributed by atoms with E-state index in [0.717, 1.165) is 24.1 Å². The Bertz CT molecular complexity index is 805. The van der Waals surface area contributed by atoms with E-state index >= 15 is 0 Å². The Hall–Kier alpha value is -2.04. The zero-order chi connectivity index (χ0) is 23.1. The number of ether oxygens (including phenoxy) is 1. The molecule has 32 heavy (non-hydrogen) atoms. The van der Waals surface area contributed by atoms with Crippen LogP contribution < -0.4 is 16.0 Å². The number of rotatable bonds is 7. The summed E-state index contributed by atoms with van der Waals surface area (Å²) in [5.41, 5.74) is 1.18. The van der Waals surface area contributed by atoms with Crippen LogP contribution >= 0.6 is 24.0 Å². The maximum absolute atomic E-state index is 12.1. The molecular weight excluding hydrogens is 521 g/mol. The van der Waals surface area contributed by atoms with Crippen molar-refractivity contribution in [3.63, 3.8) is 0 Å². The zero-order valence-electron chi connectivity index (χ0n) is 20.1. The number of hydrogen-bond donors (Lipinski definition) is 3. The van der Waals surface area contributed by atoms with Crippen molar-refractivity contribution in [3.05, 3.63) is 35.4 Å². The predicted molar refractivity (Wildman–Crippen MR) is 138 cm³/mol. The summed E-state index contributed by atoms with van der Waals surface area (Å²) in [6, 6.07) is 8.12. The lowest BCUT2D eigenvalue weighted by Gasteiger charge is -2.29. The number of likely N-dealkylation sites (tertiary alicyclic amines) is 1. The standard InChI is InChI=1S/C23H37N5O3.HI/c1-22(2,3)31-21(30)27-23(4,5)16-26-20(24-6)25-14-17-10-7-8-11-18(17)15-28-13-9-12-19(28)29;/h7-8,10-11H,9,12-16H2,1-6H3,(H,27,30)(H2,24,25,26);1H. The molecule has 1 aliphatic rings. The van der Waals surface area contributed by atoms with E-state index in [-0.39, 0.29) is 29.9 Å². The molecule has 1 aliphatic heterocycles. The van der Waals surface area contributed by atoms with Crippen molar-refractivity contribution in [3.8, 4) is 0 Å². The quantitative estimate of drug-likeness (QED) is 0.271. The van der Waals surface area contributed by atoms with Crippen LogP contribution in [0.2, 0.25) is 0 Å². The number of aliphatic imine (C=N–C) groups is 1. The van der Waals surface area contributed by atoms with Crippen molar-refractivity contribution < 1.29 is 14.3 Å². The highest BCUT2D eigenvalue weighted by molar-refractivity contribution is 14.0. The Balaban J connectivity index is 0.00000512. The molecule has 0 atom stereocenters. The van der Waals surface area contributed by atoms with Gasteiger partial charge in [-0.15, -0.1) is 24.0 Å². The van der Waals surface area contributed by atoms with E-state index in [2.05, 4.69) is 33.1 Å². The molecule has 0 saturated carbocycles. The van der Waals surface area contributed by atoms with Gasteiger partial charge in [-0.1, -0.05) is 24.3 Å². The van der Waals surface area contributed by atoms with Gasteiger partial charge in [-0.3, -0.25) is 9.79 Å². The fraction of sp³-hybridized carbons (Fsp3) is 0.609. The van der Waals surface area contributed by atoms with Gasteiger partial charge in [-0.25, -0.2) is 4.79 Å². The van der Waals surface area contributed by atoms with Crippen molar-refractivity contribution in [2.24, 2.45) is 4.99 Å². The normalized spacial score (nSPS) is 14.6. The van der Waals surface area contributed by atoms with Gasteiger partial charge in [0.15, 0.2) is 5.96 Å². The summed E-state index contributed by atoms with van der Waals surface area (Å²) < 4.78 is 5.34. The summed E-state index contributed by atoms with van der Waals surface area (Å²) in [6.45, 7) is 11.8. The smallest absolute Gasteiger partial charge is 0.408 e. The first kappa shape index (κ1) is 28.0. The number of amides is 2. The number of benzene rings is 1. The molecule has 0 spiro atoms. The number of halogens is 1. The summed E-state index contributed by atoms with van der Waals surface area (Å²) in [5.74, 6) is 0.853. The minimum Gasteiger partial charge on any atom is -0.444 e. The summed E-state index contributed by atoms with van der Waals surface area (Å²) in [4.78, 5) is 30.2. The van der Waals surface area contributed by atoms with Crippen LogP contribution in [0.5, 0.6) is 0 Å².